The molecule has 1 aliphatic rings. The number of hydrogen-bond acceptors (Lipinski definition) is 1. The van der Waals surface area contributed by atoms with Gasteiger partial charge in [-0.3, -0.25) is 0 Å². The van der Waals surface area contributed by atoms with E-state index in [1.165, 1.54) is 36.8 Å². The second-order valence-electron chi connectivity index (χ2n) is 6.32. The third-order valence-electron chi connectivity index (χ3n) is 4.60. The van der Waals surface area contributed by atoms with E-state index in [0.29, 0.717) is 6.61 Å². The van der Waals surface area contributed by atoms with Crippen LogP contribution in [-0.4, -0.2) is 6.61 Å². The van der Waals surface area contributed by atoms with Gasteiger partial charge >= 0.3 is 0 Å². The Morgan fingerprint density at radius 2 is 1.86 bits per heavy atom. The van der Waals surface area contributed by atoms with E-state index in [9.17, 15) is 0 Å². The fourth-order valence-corrected chi connectivity index (χ4v) is 3.22. The molecule has 2 rings (SSSR count). The molecule has 0 heterocycles. The van der Waals surface area contributed by atoms with Crippen LogP contribution in [0.3, 0.4) is 0 Å². The maximum absolute atomic E-state index is 5.62. The minimum absolute atomic E-state index is 0.711. The Kier molecular flexibility index (Phi) is 7.45. The topological polar surface area (TPSA) is 9.23 Å². The summed E-state index contributed by atoms with van der Waals surface area (Å²) < 4.78 is 5.62. The number of rotatable bonds is 8. The highest BCUT2D eigenvalue weighted by Gasteiger charge is 2.20. The molecule has 0 bridgehead atoms. The van der Waals surface area contributed by atoms with E-state index < -0.39 is 0 Å². The van der Waals surface area contributed by atoms with Crippen LogP contribution in [0.25, 0.3) is 0 Å². The molecule has 1 aromatic carbocycles. The van der Waals surface area contributed by atoms with Crippen LogP contribution in [0.1, 0.15) is 62.5 Å². The van der Waals surface area contributed by atoms with Crippen LogP contribution in [0, 0.1) is 5.92 Å². The molecule has 1 aromatic rings. The Bertz CT molecular complexity index is 449. The van der Waals surface area contributed by atoms with E-state index in [1.807, 2.05) is 6.08 Å². The summed E-state index contributed by atoms with van der Waals surface area (Å²) in [5, 5.41) is 0. The van der Waals surface area contributed by atoms with Gasteiger partial charge in [0, 0.05) is 0 Å². The zero-order valence-corrected chi connectivity index (χ0v) is 14.0. The lowest BCUT2D eigenvalue weighted by atomic mass is 9.78. The smallest absolute Gasteiger partial charge is 0.0717 e. The van der Waals surface area contributed by atoms with Crippen molar-refractivity contribution in [3.8, 4) is 0 Å². The quantitative estimate of drug-likeness (QED) is 0.421. The predicted molar refractivity (Wildman–Crippen MR) is 95.0 cm³/mol. The van der Waals surface area contributed by atoms with Gasteiger partial charge in [-0.2, -0.15) is 0 Å². The van der Waals surface area contributed by atoms with Crippen molar-refractivity contribution in [3.05, 3.63) is 60.2 Å². The molecule has 0 N–H and O–H groups in total. The minimum Gasteiger partial charge on any atom is -0.376 e. The minimum atomic E-state index is 0.711. The van der Waals surface area contributed by atoms with Crippen LogP contribution in [0.5, 0.6) is 0 Å². The molecule has 120 valence electrons. The van der Waals surface area contributed by atoms with Crippen molar-refractivity contribution < 1.29 is 4.74 Å². The molecule has 22 heavy (non-hydrogen) atoms. The van der Waals surface area contributed by atoms with E-state index in [-0.39, 0.29) is 0 Å². The largest absolute Gasteiger partial charge is 0.376 e. The van der Waals surface area contributed by atoms with Crippen molar-refractivity contribution in [2.24, 2.45) is 5.92 Å². The molecule has 1 heteroatoms. The standard InChI is InChI=1S/C21H30O/c1-3-5-7-18-8-12-20(13-9-18)21-14-10-19(11-15-21)17-22-16-6-4-2/h4-5,7,10-11,14-15,18,20H,2-3,6,8-9,12-13,16-17H2,1H3. The van der Waals surface area contributed by atoms with Crippen LogP contribution in [0.2, 0.25) is 0 Å². The second-order valence-corrected chi connectivity index (χ2v) is 6.32. The van der Waals surface area contributed by atoms with Crippen molar-refractivity contribution >= 4 is 0 Å². The molecule has 0 atom stereocenters. The molecule has 1 nitrogen and oxygen atoms in total. The Balaban J connectivity index is 1.79. The summed E-state index contributed by atoms with van der Waals surface area (Å²) in [6.45, 7) is 7.39. The molecule has 0 aromatic heterocycles. The summed E-state index contributed by atoms with van der Waals surface area (Å²) in [7, 11) is 0. The van der Waals surface area contributed by atoms with Crippen LogP contribution in [0.4, 0.5) is 0 Å². The van der Waals surface area contributed by atoms with Crippen molar-refractivity contribution in [1.29, 1.82) is 0 Å². The number of ether oxygens (including phenoxy) is 1. The van der Waals surface area contributed by atoms with E-state index in [4.69, 9.17) is 4.74 Å². The molecular weight excluding hydrogens is 268 g/mol. The van der Waals surface area contributed by atoms with Gasteiger partial charge in [-0.05, 0) is 61.5 Å². The monoisotopic (exact) mass is 298 g/mol. The van der Waals surface area contributed by atoms with E-state index in [1.54, 1.807) is 0 Å². The molecule has 1 aliphatic carbocycles. The molecule has 0 amide bonds. The lowest BCUT2D eigenvalue weighted by Gasteiger charge is -2.27. The second kappa shape index (κ2) is 9.63. The van der Waals surface area contributed by atoms with Gasteiger partial charge in [-0.15, -0.1) is 6.58 Å². The fraction of sp³-hybridized carbons (Fsp3) is 0.524. The van der Waals surface area contributed by atoms with Gasteiger partial charge in [-0.1, -0.05) is 49.4 Å². The molecule has 1 saturated carbocycles. The summed E-state index contributed by atoms with van der Waals surface area (Å²) in [5.41, 5.74) is 2.78. The molecule has 0 spiro atoms. The Morgan fingerprint density at radius 3 is 2.50 bits per heavy atom. The molecule has 0 radical (unpaired) electrons. The summed E-state index contributed by atoms with van der Waals surface area (Å²) in [5.74, 6) is 1.57. The van der Waals surface area contributed by atoms with Gasteiger partial charge in [0.05, 0.1) is 13.2 Å². The molecule has 1 fully saturated rings. The van der Waals surface area contributed by atoms with Crippen LogP contribution < -0.4 is 0 Å². The van der Waals surface area contributed by atoms with Crippen molar-refractivity contribution in [2.75, 3.05) is 6.61 Å². The van der Waals surface area contributed by atoms with Gasteiger partial charge in [0.15, 0.2) is 0 Å². The lowest BCUT2D eigenvalue weighted by Crippen LogP contribution is -2.11. The zero-order chi connectivity index (χ0) is 15.6. The van der Waals surface area contributed by atoms with Gasteiger partial charge in [0.2, 0.25) is 0 Å². The van der Waals surface area contributed by atoms with E-state index in [2.05, 4.69) is 49.9 Å². The van der Waals surface area contributed by atoms with Crippen molar-refractivity contribution in [3.63, 3.8) is 0 Å². The van der Waals surface area contributed by atoms with Gasteiger partial charge in [-0.25, -0.2) is 0 Å². The lowest BCUT2D eigenvalue weighted by molar-refractivity contribution is 0.125. The highest BCUT2D eigenvalue weighted by atomic mass is 16.5. The molecule has 0 saturated heterocycles. The highest BCUT2D eigenvalue weighted by molar-refractivity contribution is 5.25. The molecule has 0 unspecified atom stereocenters. The van der Waals surface area contributed by atoms with Gasteiger partial charge in [0.25, 0.3) is 0 Å². The molecular formula is C21H30O. The summed E-state index contributed by atoms with van der Waals surface area (Å²) in [4.78, 5) is 0. The number of hydrogen-bond donors (Lipinski definition) is 0. The average molecular weight is 298 g/mol. The summed E-state index contributed by atoms with van der Waals surface area (Å²) in [6, 6.07) is 9.07. The normalized spacial score (nSPS) is 22.0. The first-order valence-corrected chi connectivity index (χ1v) is 8.77. The average Bonchev–Trinajstić information content (AvgIpc) is 2.58. The van der Waals surface area contributed by atoms with Crippen molar-refractivity contribution in [2.45, 2.75) is 58.0 Å². The number of benzene rings is 1. The van der Waals surface area contributed by atoms with Gasteiger partial charge < -0.3 is 4.74 Å². The fourth-order valence-electron chi connectivity index (χ4n) is 3.22. The molecule has 0 aliphatic heterocycles. The maximum atomic E-state index is 5.62. The number of allylic oxidation sites excluding steroid dienone is 2. The zero-order valence-electron chi connectivity index (χ0n) is 14.0. The van der Waals surface area contributed by atoms with E-state index in [0.717, 1.165) is 31.3 Å². The Morgan fingerprint density at radius 1 is 1.14 bits per heavy atom. The third kappa shape index (κ3) is 5.46. The van der Waals surface area contributed by atoms with Gasteiger partial charge in [0.1, 0.15) is 0 Å². The van der Waals surface area contributed by atoms with Crippen LogP contribution in [0.15, 0.2) is 49.1 Å². The van der Waals surface area contributed by atoms with Crippen LogP contribution >= 0.6 is 0 Å². The predicted octanol–water partition coefficient (Wildman–Crippen LogP) is 6.02. The SMILES string of the molecule is C=CCCOCc1ccc(C2CCC(C=CCC)CC2)cc1. The van der Waals surface area contributed by atoms with Crippen molar-refractivity contribution in [1.82, 2.24) is 0 Å². The first-order valence-electron chi connectivity index (χ1n) is 8.77. The maximum Gasteiger partial charge on any atom is 0.0717 e. The highest BCUT2D eigenvalue weighted by Crippen LogP contribution is 2.36. The van der Waals surface area contributed by atoms with Crippen LogP contribution in [-0.2, 0) is 11.3 Å². The van der Waals surface area contributed by atoms with E-state index >= 15 is 0 Å². The first kappa shape index (κ1) is 17.0. The summed E-state index contributed by atoms with van der Waals surface area (Å²) >= 11 is 0. The third-order valence-corrected chi connectivity index (χ3v) is 4.60. The first-order chi connectivity index (χ1) is 10.8. The Hall–Kier alpha value is -1.34. The Labute approximate surface area is 136 Å². The summed E-state index contributed by atoms with van der Waals surface area (Å²) in [6.07, 6.45) is 14.1.